The van der Waals surface area contributed by atoms with E-state index in [1.54, 1.807) is 0 Å². The maximum atomic E-state index is 5.95. The first-order valence-corrected chi connectivity index (χ1v) is 10.1. The molecule has 2 saturated heterocycles. The van der Waals surface area contributed by atoms with Crippen LogP contribution in [0.5, 0.6) is 0 Å². The Morgan fingerprint density at radius 2 is 2.29 bits per heavy atom. The monoisotopic (exact) mass is 351 g/mol. The first-order chi connectivity index (χ1) is 11.8. The SMILES string of the molecule is CCNC(=NCC1CCSCC1)N1CCOC(c2cnn(C)c2)C1. The Kier molecular flexibility index (Phi) is 6.43. The topological polar surface area (TPSA) is 54.7 Å². The summed E-state index contributed by atoms with van der Waals surface area (Å²) in [6.45, 7) is 6.42. The molecule has 0 spiro atoms. The third-order valence-electron chi connectivity index (χ3n) is 4.64. The zero-order valence-corrected chi connectivity index (χ0v) is 15.6. The van der Waals surface area contributed by atoms with Crippen molar-refractivity contribution < 1.29 is 4.74 Å². The number of rotatable bonds is 4. The van der Waals surface area contributed by atoms with Crippen LogP contribution >= 0.6 is 11.8 Å². The molecule has 24 heavy (non-hydrogen) atoms. The Hall–Kier alpha value is -1.21. The summed E-state index contributed by atoms with van der Waals surface area (Å²) in [5.74, 6) is 4.36. The van der Waals surface area contributed by atoms with E-state index >= 15 is 0 Å². The molecule has 0 bridgehead atoms. The summed E-state index contributed by atoms with van der Waals surface area (Å²) in [5.41, 5.74) is 1.14. The van der Waals surface area contributed by atoms with Gasteiger partial charge in [0.25, 0.3) is 0 Å². The highest BCUT2D eigenvalue weighted by molar-refractivity contribution is 7.99. The average molecular weight is 352 g/mol. The molecular formula is C17H29N5OS. The number of ether oxygens (including phenoxy) is 1. The second-order valence-electron chi connectivity index (χ2n) is 6.50. The fraction of sp³-hybridized carbons (Fsp3) is 0.765. The van der Waals surface area contributed by atoms with Gasteiger partial charge in [-0.1, -0.05) is 0 Å². The van der Waals surface area contributed by atoms with Gasteiger partial charge in [-0.25, -0.2) is 0 Å². The van der Waals surface area contributed by atoms with E-state index in [1.807, 2.05) is 24.1 Å². The van der Waals surface area contributed by atoms with E-state index in [9.17, 15) is 0 Å². The van der Waals surface area contributed by atoms with Crippen LogP contribution in [0.25, 0.3) is 0 Å². The number of thioether (sulfide) groups is 1. The Labute approximate surface area is 149 Å². The van der Waals surface area contributed by atoms with Gasteiger partial charge < -0.3 is 15.0 Å². The smallest absolute Gasteiger partial charge is 0.194 e. The van der Waals surface area contributed by atoms with Gasteiger partial charge in [0.1, 0.15) is 6.10 Å². The molecule has 2 aliphatic rings. The van der Waals surface area contributed by atoms with Gasteiger partial charge in [0.15, 0.2) is 5.96 Å². The van der Waals surface area contributed by atoms with E-state index in [-0.39, 0.29) is 6.10 Å². The van der Waals surface area contributed by atoms with Crippen LogP contribution < -0.4 is 5.32 Å². The van der Waals surface area contributed by atoms with E-state index < -0.39 is 0 Å². The second-order valence-corrected chi connectivity index (χ2v) is 7.73. The number of guanidine groups is 1. The van der Waals surface area contributed by atoms with Crippen molar-refractivity contribution in [2.75, 3.05) is 44.3 Å². The standard InChI is InChI=1S/C17H29N5OS/c1-3-18-17(19-10-14-4-8-24-9-5-14)22-6-7-23-16(13-22)15-11-20-21(2)12-15/h11-12,14,16H,3-10,13H2,1-2H3,(H,18,19). The first-order valence-electron chi connectivity index (χ1n) is 8.97. The molecule has 0 amide bonds. The van der Waals surface area contributed by atoms with E-state index in [1.165, 1.54) is 24.3 Å². The van der Waals surface area contributed by atoms with E-state index in [0.717, 1.165) is 50.2 Å². The minimum absolute atomic E-state index is 0.0717. The van der Waals surface area contributed by atoms with Crippen LogP contribution in [0.1, 0.15) is 31.4 Å². The lowest BCUT2D eigenvalue weighted by Gasteiger charge is -2.35. The fourth-order valence-corrected chi connectivity index (χ4v) is 4.42. The highest BCUT2D eigenvalue weighted by Gasteiger charge is 2.25. The molecule has 1 aromatic rings. The van der Waals surface area contributed by atoms with E-state index in [0.29, 0.717) is 0 Å². The lowest BCUT2D eigenvalue weighted by atomic mass is 10.0. The molecule has 7 heteroatoms. The highest BCUT2D eigenvalue weighted by atomic mass is 32.2. The molecule has 134 valence electrons. The Morgan fingerprint density at radius 1 is 1.46 bits per heavy atom. The minimum atomic E-state index is 0.0717. The summed E-state index contributed by atoms with van der Waals surface area (Å²) in [4.78, 5) is 7.28. The third-order valence-corrected chi connectivity index (χ3v) is 5.69. The third kappa shape index (κ3) is 4.66. The van der Waals surface area contributed by atoms with Crippen molar-refractivity contribution in [1.82, 2.24) is 20.0 Å². The summed E-state index contributed by atoms with van der Waals surface area (Å²) in [6, 6.07) is 0. The second kappa shape index (κ2) is 8.76. The molecule has 6 nitrogen and oxygen atoms in total. The number of nitrogens with zero attached hydrogens (tertiary/aromatic N) is 4. The fourth-order valence-electron chi connectivity index (χ4n) is 3.22. The van der Waals surface area contributed by atoms with Crippen molar-refractivity contribution in [1.29, 1.82) is 0 Å². The van der Waals surface area contributed by atoms with E-state index in [2.05, 4.69) is 34.0 Å². The summed E-state index contributed by atoms with van der Waals surface area (Å²) in [5, 5.41) is 7.73. The molecule has 3 heterocycles. The van der Waals surface area contributed by atoms with Crippen LogP contribution in [-0.4, -0.2) is 64.9 Å². The zero-order valence-electron chi connectivity index (χ0n) is 14.8. The van der Waals surface area contributed by atoms with Crippen LogP contribution in [0.3, 0.4) is 0 Å². The lowest BCUT2D eigenvalue weighted by Crippen LogP contribution is -2.48. The number of morpholine rings is 1. The Bertz CT molecular complexity index is 541. The molecule has 0 aliphatic carbocycles. The maximum Gasteiger partial charge on any atom is 0.194 e. The molecule has 2 aliphatic heterocycles. The summed E-state index contributed by atoms with van der Waals surface area (Å²) >= 11 is 2.07. The van der Waals surface area contributed by atoms with Crippen molar-refractivity contribution in [2.45, 2.75) is 25.9 Å². The number of aryl methyl sites for hydroxylation is 1. The van der Waals surface area contributed by atoms with Crippen molar-refractivity contribution in [3.8, 4) is 0 Å². The van der Waals surface area contributed by atoms with Crippen LogP contribution in [0.15, 0.2) is 17.4 Å². The predicted molar refractivity (Wildman–Crippen MR) is 99.5 cm³/mol. The van der Waals surface area contributed by atoms with Crippen LogP contribution in [0.2, 0.25) is 0 Å². The van der Waals surface area contributed by atoms with Gasteiger partial charge >= 0.3 is 0 Å². The summed E-state index contributed by atoms with van der Waals surface area (Å²) in [6.07, 6.45) is 6.61. The Balaban J connectivity index is 1.63. The molecule has 3 rings (SSSR count). The molecule has 1 atom stereocenters. The van der Waals surface area contributed by atoms with Crippen molar-refractivity contribution in [3.63, 3.8) is 0 Å². The Morgan fingerprint density at radius 3 is 3.00 bits per heavy atom. The highest BCUT2D eigenvalue weighted by Crippen LogP contribution is 2.24. The first kappa shape index (κ1) is 17.6. The van der Waals surface area contributed by atoms with Gasteiger partial charge in [-0.2, -0.15) is 16.9 Å². The van der Waals surface area contributed by atoms with Gasteiger partial charge in [0, 0.05) is 38.4 Å². The maximum absolute atomic E-state index is 5.95. The van der Waals surface area contributed by atoms with Gasteiger partial charge in [0.2, 0.25) is 0 Å². The quantitative estimate of drug-likeness (QED) is 0.663. The molecule has 1 aromatic heterocycles. The van der Waals surface area contributed by atoms with E-state index in [4.69, 9.17) is 9.73 Å². The molecule has 2 fully saturated rings. The molecule has 0 radical (unpaired) electrons. The van der Waals surface area contributed by atoms with Gasteiger partial charge in [-0.3, -0.25) is 9.67 Å². The molecule has 1 unspecified atom stereocenters. The van der Waals surface area contributed by atoms with Crippen molar-refractivity contribution in [3.05, 3.63) is 18.0 Å². The number of aromatic nitrogens is 2. The van der Waals surface area contributed by atoms with Crippen LogP contribution in [0.4, 0.5) is 0 Å². The number of nitrogens with one attached hydrogen (secondary N) is 1. The van der Waals surface area contributed by atoms with Crippen LogP contribution in [-0.2, 0) is 11.8 Å². The zero-order chi connectivity index (χ0) is 16.8. The predicted octanol–water partition coefficient (Wildman–Crippen LogP) is 1.90. The molecule has 0 saturated carbocycles. The number of aliphatic imine (C=N–C) groups is 1. The number of hydrogen-bond donors (Lipinski definition) is 1. The molecule has 1 N–H and O–H groups in total. The normalized spacial score (nSPS) is 23.5. The average Bonchev–Trinajstić information content (AvgIpc) is 3.06. The molecule has 0 aromatic carbocycles. The lowest BCUT2D eigenvalue weighted by molar-refractivity contribution is -0.00806. The van der Waals surface area contributed by atoms with Gasteiger partial charge in [-0.15, -0.1) is 0 Å². The minimum Gasteiger partial charge on any atom is -0.370 e. The summed E-state index contributed by atoms with van der Waals surface area (Å²) in [7, 11) is 1.94. The van der Waals surface area contributed by atoms with Gasteiger partial charge in [0.05, 0.1) is 19.3 Å². The largest absolute Gasteiger partial charge is 0.370 e. The van der Waals surface area contributed by atoms with Gasteiger partial charge in [-0.05, 0) is 37.2 Å². The summed E-state index contributed by atoms with van der Waals surface area (Å²) < 4.78 is 7.78. The number of hydrogen-bond acceptors (Lipinski definition) is 4. The van der Waals surface area contributed by atoms with Crippen molar-refractivity contribution >= 4 is 17.7 Å². The van der Waals surface area contributed by atoms with Crippen LogP contribution in [0, 0.1) is 5.92 Å². The van der Waals surface area contributed by atoms with Crippen molar-refractivity contribution in [2.24, 2.45) is 18.0 Å². The molecular weight excluding hydrogens is 322 g/mol.